The van der Waals surface area contributed by atoms with Gasteiger partial charge in [0.15, 0.2) is 5.13 Å². The number of ether oxygens (including phenoxy) is 1. The number of carbonyl (C=O) groups is 1. The van der Waals surface area contributed by atoms with Crippen molar-refractivity contribution in [1.82, 2.24) is 4.98 Å². The minimum Gasteiger partial charge on any atom is -0.465 e. The molecule has 1 aromatic carbocycles. The molecule has 4 nitrogen and oxygen atoms in total. The van der Waals surface area contributed by atoms with E-state index in [-0.39, 0.29) is 5.97 Å². The number of methoxy groups -OCH3 is 1. The number of esters is 1. The van der Waals surface area contributed by atoms with Crippen molar-refractivity contribution < 1.29 is 9.53 Å². The summed E-state index contributed by atoms with van der Waals surface area (Å²) in [6.45, 7) is 4.68. The van der Waals surface area contributed by atoms with Crippen molar-refractivity contribution in [3.8, 4) is 0 Å². The van der Waals surface area contributed by atoms with E-state index in [1.807, 2.05) is 31.0 Å². The lowest BCUT2D eigenvalue weighted by Gasteiger charge is -2.17. The monoisotopic (exact) mass is 290 g/mol. The molecule has 0 radical (unpaired) electrons. The molecule has 0 spiro atoms. The number of hydrogen-bond acceptors (Lipinski definition) is 5. The van der Waals surface area contributed by atoms with Gasteiger partial charge in [-0.15, -0.1) is 0 Å². The van der Waals surface area contributed by atoms with Crippen molar-refractivity contribution in [3.05, 3.63) is 46.0 Å². The summed E-state index contributed by atoms with van der Waals surface area (Å²) >= 11 is 1.37. The number of anilines is 1. The number of thiazole rings is 1. The largest absolute Gasteiger partial charge is 0.465 e. The van der Waals surface area contributed by atoms with Crippen LogP contribution >= 0.6 is 11.3 Å². The Morgan fingerprint density at radius 1 is 1.35 bits per heavy atom. The fourth-order valence-corrected chi connectivity index (χ4v) is 2.88. The maximum atomic E-state index is 11.6. The smallest absolute Gasteiger partial charge is 0.350 e. The van der Waals surface area contributed by atoms with Gasteiger partial charge < -0.3 is 9.64 Å². The predicted molar refractivity (Wildman–Crippen MR) is 81.5 cm³/mol. The number of nitrogens with zero attached hydrogens (tertiary/aromatic N) is 2. The third kappa shape index (κ3) is 2.99. The van der Waals surface area contributed by atoms with E-state index in [1.54, 1.807) is 0 Å². The fourth-order valence-electron chi connectivity index (χ4n) is 1.94. The van der Waals surface area contributed by atoms with E-state index in [2.05, 4.69) is 24.0 Å². The molecule has 0 N–H and O–H groups in total. The first-order valence-electron chi connectivity index (χ1n) is 6.34. The van der Waals surface area contributed by atoms with Crippen molar-refractivity contribution in [2.75, 3.05) is 19.1 Å². The quantitative estimate of drug-likeness (QED) is 0.811. The van der Waals surface area contributed by atoms with Crippen LogP contribution in [0.15, 0.2) is 24.3 Å². The predicted octanol–water partition coefficient (Wildman–Crippen LogP) is 3.18. The van der Waals surface area contributed by atoms with Crippen LogP contribution in [-0.2, 0) is 11.3 Å². The average Bonchev–Trinajstić information content (AvgIpc) is 2.82. The summed E-state index contributed by atoms with van der Waals surface area (Å²) < 4.78 is 4.76. The molecule has 0 amide bonds. The summed E-state index contributed by atoms with van der Waals surface area (Å²) in [5.41, 5.74) is 3.22. The lowest BCUT2D eigenvalue weighted by molar-refractivity contribution is 0.0605. The van der Waals surface area contributed by atoms with Crippen LogP contribution < -0.4 is 4.90 Å². The van der Waals surface area contributed by atoms with Gasteiger partial charge in [0.1, 0.15) is 4.88 Å². The summed E-state index contributed by atoms with van der Waals surface area (Å²) in [6, 6.07) is 8.26. The van der Waals surface area contributed by atoms with E-state index < -0.39 is 0 Å². The molecular weight excluding hydrogens is 272 g/mol. The summed E-state index contributed by atoms with van der Waals surface area (Å²) in [5.74, 6) is -0.324. The Labute approximate surface area is 123 Å². The molecule has 2 aromatic rings. The molecule has 1 aromatic heterocycles. The van der Waals surface area contributed by atoms with Crippen LogP contribution in [0.1, 0.15) is 26.5 Å². The summed E-state index contributed by atoms with van der Waals surface area (Å²) in [7, 11) is 3.37. The van der Waals surface area contributed by atoms with Gasteiger partial charge in [-0.25, -0.2) is 9.78 Å². The Bertz CT molecular complexity index is 622. The van der Waals surface area contributed by atoms with Gasteiger partial charge >= 0.3 is 5.97 Å². The maximum Gasteiger partial charge on any atom is 0.350 e. The first kappa shape index (κ1) is 14.5. The zero-order valence-electron chi connectivity index (χ0n) is 12.1. The van der Waals surface area contributed by atoms with Crippen LogP contribution in [0, 0.1) is 13.8 Å². The molecule has 0 atom stereocenters. The number of aromatic nitrogens is 1. The first-order valence-corrected chi connectivity index (χ1v) is 7.16. The Hall–Kier alpha value is -1.88. The third-order valence-corrected chi connectivity index (χ3v) is 4.40. The number of hydrogen-bond donors (Lipinski definition) is 0. The van der Waals surface area contributed by atoms with Crippen LogP contribution in [0.4, 0.5) is 5.13 Å². The second-order valence-electron chi connectivity index (χ2n) is 4.69. The van der Waals surface area contributed by atoms with Crippen LogP contribution in [0.2, 0.25) is 0 Å². The van der Waals surface area contributed by atoms with Gasteiger partial charge in [0, 0.05) is 13.6 Å². The Kier molecular flexibility index (Phi) is 4.39. The molecule has 1 heterocycles. The standard InChI is InChI=1S/C15H18N2O2S/c1-10-7-5-6-8-12(10)9-17(3)15-16-11(2)13(20-15)14(18)19-4/h5-8H,9H2,1-4H3. The molecule has 0 aliphatic rings. The second kappa shape index (κ2) is 6.05. The van der Waals surface area contributed by atoms with Gasteiger partial charge in [-0.2, -0.15) is 0 Å². The third-order valence-electron chi connectivity index (χ3n) is 3.15. The maximum absolute atomic E-state index is 11.6. The van der Waals surface area contributed by atoms with E-state index in [1.165, 1.54) is 29.6 Å². The Morgan fingerprint density at radius 3 is 2.70 bits per heavy atom. The van der Waals surface area contributed by atoms with Crippen molar-refractivity contribution >= 4 is 22.4 Å². The van der Waals surface area contributed by atoms with E-state index in [9.17, 15) is 4.79 Å². The minimum atomic E-state index is -0.324. The van der Waals surface area contributed by atoms with Crippen LogP contribution in [0.5, 0.6) is 0 Å². The van der Waals surface area contributed by atoms with Gasteiger partial charge in [-0.1, -0.05) is 35.6 Å². The molecular formula is C15H18N2O2S. The fraction of sp³-hybridized carbons (Fsp3) is 0.333. The van der Waals surface area contributed by atoms with Crippen LogP contribution in [-0.4, -0.2) is 25.1 Å². The van der Waals surface area contributed by atoms with Crippen molar-refractivity contribution in [2.45, 2.75) is 20.4 Å². The van der Waals surface area contributed by atoms with Crippen molar-refractivity contribution in [3.63, 3.8) is 0 Å². The molecule has 0 saturated carbocycles. The average molecular weight is 290 g/mol. The van der Waals surface area contributed by atoms with Crippen molar-refractivity contribution in [1.29, 1.82) is 0 Å². The van der Waals surface area contributed by atoms with Gasteiger partial charge in [0.2, 0.25) is 0 Å². The van der Waals surface area contributed by atoms with E-state index >= 15 is 0 Å². The number of rotatable bonds is 4. The van der Waals surface area contributed by atoms with Gasteiger partial charge in [0.05, 0.1) is 12.8 Å². The lowest BCUT2D eigenvalue weighted by Crippen LogP contribution is -2.16. The highest BCUT2D eigenvalue weighted by Gasteiger charge is 2.17. The number of benzene rings is 1. The minimum absolute atomic E-state index is 0.324. The summed E-state index contributed by atoms with van der Waals surface area (Å²) in [5, 5.41) is 0.825. The molecule has 0 aliphatic carbocycles. The molecule has 106 valence electrons. The molecule has 0 aliphatic heterocycles. The van der Waals surface area contributed by atoms with Crippen LogP contribution in [0.3, 0.4) is 0 Å². The van der Waals surface area contributed by atoms with E-state index in [0.717, 1.165) is 11.7 Å². The lowest BCUT2D eigenvalue weighted by atomic mass is 10.1. The molecule has 0 unspecified atom stereocenters. The molecule has 5 heteroatoms. The number of carbonyl (C=O) groups excluding carboxylic acids is 1. The molecule has 2 rings (SSSR count). The Morgan fingerprint density at radius 2 is 2.05 bits per heavy atom. The topological polar surface area (TPSA) is 42.4 Å². The summed E-state index contributed by atoms with van der Waals surface area (Å²) in [4.78, 5) is 18.7. The zero-order chi connectivity index (χ0) is 14.7. The van der Waals surface area contributed by atoms with Gasteiger partial charge in [-0.3, -0.25) is 0 Å². The molecule has 0 fully saturated rings. The highest BCUT2D eigenvalue weighted by Crippen LogP contribution is 2.27. The SMILES string of the molecule is COC(=O)c1sc(N(C)Cc2ccccc2C)nc1C. The van der Waals surface area contributed by atoms with Gasteiger partial charge in [0.25, 0.3) is 0 Å². The van der Waals surface area contributed by atoms with Gasteiger partial charge in [-0.05, 0) is 25.0 Å². The second-order valence-corrected chi connectivity index (χ2v) is 5.66. The summed E-state index contributed by atoms with van der Waals surface area (Å²) in [6.07, 6.45) is 0. The highest BCUT2D eigenvalue weighted by molar-refractivity contribution is 7.17. The molecule has 0 saturated heterocycles. The first-order chi connectivity index (χ1) is 9.52. The Balaban J connectivity index is 2.20. The molecule has 20 heavy (non-hydrogen) atoms. The number of aryl methyl sites for hydroxylation is 2. The normalized spacial score (nSPS) is 10.4. The highest BCUT2D eigenvalue weighted by atomic mass is 32.1. The zero-order valence-corrected chi connectivity index (χ0v) is 13.0. The van der Waals surface area contributed by atoms with Crippen LogP contribution in [0.25, 0.3) is 0 Å². The van der Waals surface area contributed by atoms with Crippen molar-refractivity contribution in [2.24, 2.45) is 0 Å². The van der Waals surface area contributed by atoms with E-state index in [4.69, 9.17) is 4.74 Å². The molecule has 0 bridgehead atoms. The van der Waals surface area contributed by atoms with E-state index in [0.29, 0.717) is 10.6 Å².